The van der Waals surface area contributed by atoms with E-state index in [0.29, 0.717) is 0 Å². The molecule has 0 N–H and O–H groups in total. The van der Waals surface area contributed by atoms with Crippen LogP contribution in [0, 0.1) is 0 Å². The third kappa shape index (κ3) is 3.49. The molecule has 0 atom stereocenters. The van der Waals surface area contributed by atoms with E-state index in [9.17, 15) is 0 Å². The van der Waals surface area contributed by atoms with E-state index in [1.807, 2.05) is 12.2 Å². The van der Waals surface area contributed by atoms with Crippen molar-refractivity contribution in [1.29, 1.82) is 0 Å². The number of rotatable bonds is 4. The summed E-state index contributed by atoms with van der Waals surface area (Å²) >= 11 is 2.90. The minimum atomic E-state index is 1.19. The summed E-state index contributed by atoms with van der Waals surface area (Å²) in [7, 11) is 0. The van der Waals surface area contributed by atoms with Crippen LogP contribution in [0.5, 0.6) is 0 Å². The summed E-state index contributed by atoms with van der Waals surface area (Å²) in [5.74, 6) is 0. The molecule has 0 aromatic heterocycles. The molecule has 0 fully saturated rings. The maximum absolute atomic E-state index is 3.71. The molecular weight excluding hydrogens is 464 g/mol. The zero-order chi connectivity index (χ0) is 7.98. The van der Waals surface area contributed by atoms with E-state index in [0.717, 1.165) is 0 Å². The van der Waals surface area contributed by atoms with E-state index in [1.165, 1.54) is 48.2 Å². The normalized spacial score (nSPS) is 10.2. The van der Waals surface area contributed by atoms with Crippen LogP contribution in [0.2, 0.25) is 0 Å². The quantitative estimate of drug-likeness (QED) is 0.543. The van der Waals surface area contributed by atoms with Crippen LogP contribution >= 0.6 is 0 Å². The van der Waals surface area contributed by atoms with Gasteiger partial charge in [0.05, 0.1) is 0 Å². The van der Waals surface area contributed by atoms with Crippen molar-refractivity contribution >= 4 is 8.30 Å². The van der Waals surface area contributed by atoms with Gasteiger partial charge in [0, 0.05) is 0 Å². The Morgan fingerprint density at radius 1 is 1.20 bits per heavy atom. The topological polar surface area (TPSA) is 0 Å². The molecule has 0 bridgehead atoms. The predicted octanol–water partition coefficient (Wildman–Crippen LogP) is 1.35. The van der Waals surface area contributed by atoms with E-state index in [1.54, 1.807) is 0 Å². The van der Waals surface area contributed by atoms with Gasteiger partial charge in [0.1, 0.15) is 0 Å². The Morgan fingerprint density at radius 3 is 2.10 bits per heavy atom. The summed E-state index contributed by atoms with van der Waals surface area (Å²) in [5.41, 5.74) is 1.19. The molecule has 0 aliphatic carbocycles. The van der Waals surface area contributed by atoms with Gasteiger partial charge in [0.15, 0.2) is 0 Å². The fourth-order valence-electron chi connectivity index (χ4n) is 0.442. The standard InChI is InChI=1S/C8H8.2W/c1-4-7-8(5-2)6-3;;/h2,4-6H,1,3H2;;/b8-5-;;. The number of hydrogen-bond donors (Lipinski definition) is 0. The molecule has 0 aliphatic rings. The molecule has 0 radical (unpaired) electrons. The second kappa shape index (κ2) is 6.07. The average molecular weight is 472 g/mol. The van der Waals surface area contributed by atoms with Crippen molar-refractivity contribution in [3.05, 3.63) is 37.0 Å². The molecule has 52 valence electrons. The van der Waals surface area contributed by atoms with Crippen molar-refractivity contribution in [2.24, 2.45) is 0 Å². The van der Waals surface area contributed by atoms with Gasteiger partial charge in [-0.05, 0) is 0 Å². The summed E-state index contributed by atoms with van der Waals surface area (Å²) in [6.07, 6.45) is 5.82. The van der Waals surface area contributed by atoms with Crippen molar-refractivity contribution in [1.82, 2.24) is 0 Å². The summed E-state index contributed by atoms with van der Waals surface area (Å²) in [4.78, 5) is 0. The van der Waals surface area contributed by atoms with Gasteiger partial charge < -0.3 is 0 Å². The zero-order valence-electron chi connectivity index (χ0n) is 5.54. The fourth-order valence-corrected chi connectivity index (χ4v) is 1.51. The Morgan fingerprint density at radius 2 is 1.80 bits per heavy atom. The van der Waals surface area contributed by atoms with Crippen LogP contribution < -0.4 is 0 Å². The summed E-state index contributed by atoms with van der Waals surface area (Å²) in [5, 5.41) is 0. The summed E-state index contributed by atoms with van der Waals surface area (Å²) in [6.45, 7) is 7.41. The van der Waals surface area contributed by atoms with Gasteiger partial charge in [0.2, 0.25) is 0 Å². The molecule has 0 aromatic rings. The van der Waals surface area contributed by atoms with Crippen molar-refractivity contribution in [2.75, 3.05) is 0 Å². The summed E-state index contributed by atoms with van der Waals surface area (Å²) < 4.78 is 3.34. The fraction of sp³-hybridized carbons (Fsp3) is 0. The minimum absolute atomic E-state index is 1.19. The van der Waals surface area contributed by atoms with Crippen molar-refractivity contribution in [2.45, 2.75) is 0 Å². The van der Waals surface area contributed by atoms with E-state index in [-0.39, 0.29) is 0 Å². The summed E-state index contributed by atoms with van der Waals surface area (Å²) in [6, 6.07) is 0. The van der Waals surface area contributed by atoms with Crippen LogP contribution in [-0.2, 0) is 38.7 Å². The molecule has 0 nitrogen and oxygen atoms in total. The molecule has 0 unspecified atom stereocenters. The van der Waals surface area contributed by atoms with Gasteiger partial charge in [-0.3, -0.25) is 0 Å². The molecule has 0 amide bonds. The Hall–Kier alpha value is 0.337. The molecule has 0 saturated carbocycles. The third-order valence-electron chi connectivity index (χ3n) is 0.937. The van der Waals surface area contributed by atoms with Crippen molar-refractivity contribution in [3.63, 3.8) is 0 Å². The van der Waals surface area contributed by atoms with Gasteiger partial charge in [0.25, 0.3) is 0 Å². The van der Waals surface area contributed by atoms with E-state index < -0.39 is 0 Å². The Bertz CT molecular complexity index is 199. The predicted molar refractivity (Wildman–Crippen MR) is 39.5 cm³/mol. The molecule has 0 aromatic carbocycles. The molecule has 2 heteroatoms. The Balaban J connectivity index is 4.49. The van der Waals surface area contributed by atoms with Crippen LogP contribution in [0.3, 0.4) is 0 Å². The Labute approximate surface area is 83.5 Å². The van der Waals surface area contributed by atoms with Gasteiger partial charge in [-0.25, -0.2) is 0 Å². The van der Waals surface area contributed by atoms with Crippen LogP contribution in [0.4, 0.5) is 0 Å². The van der Waals surface area contributed by atoms with Gasteiger partial charge in [-0.1, -0.05) is 0 Å². The third-order valence-corrected chi connectivity index (χ3v) is 2.87. The number of hydrogen-bond acceptors (Lipinski definition) is 0. The van der Waals surface area contributed by atoms with Crippen molar-refractivity contribution < 1.29 is 38.7 Å². The monoisotopic (exact) mass is 472 g/mol. The Kier molecular flexibility index (Phi) is 6.28. The van der Waals surface area contributed by atoms with E-state index in [4.69, 9.17) is 0 Å². The maximum atomic E-state index is 3.71. The first kappa shape index (κ1) is 10.3. The van der Waals surface area contributed by atoms with Gasteiger partial charge in [-0.2, -0.15) is 0 Å². The second-order valence-corrected chi connectivity index (χ2v) is 4.09. The van der Waals surface area contributed by atoms with Crippen LogP contribution in [0.15, 0.2) is 37.0 Å². The van der Waals surface area contributed by atoms with Crippen LogP contribution in [0.25, 0.3) is 0 Å². The SMILES string of the molecule is C=C[C](=[W])/C(C=C)=C\[CH]=[W]. The van der Waals surface area contributed by atoms with E-state index in [2.05, 4.69) is 23.6 Å². The molecule has 0 spiro atoms. The van der Waals surface area contributed by atoms with Gasteiger partial charge in [-0.15, -0.1) is 0 Å². The molecule has 0 rings (SSSR count). The molecule has 0 saturated heterocycles. The first-order valence-electron chi connectivity index (χ1n) is 2.71. The molecule has 0 heterocycles. The first-order valence-corrected chi connectivity index (χ1v) is 5.87. The molecular formula is C8H8W2. The van der Waals surface area contributed by atoms with Crippen molar-refractivity contribution in [3.8, 4) is 0 Å². The second-order valence-electron chi connectivity index (χ2n) is 1.53. The first-order chi connectivity index (χ1) is 4.76. The zero-order valence-corrected chi connectivity index (χ0v) is 11.4. The number of allylic oxidation sites excluding steroid dienone is 4. The van der Waals surface area contributed by atoms with Crippen LogP contribution in [0.1, 0.15) is 0 Å². The molecule has 0 aliphatic heterocycles. The average Bonchev–Trinajstić information content (AvgIpc) is 1.99. The van der Waals surface area contributed by atoms with E-state index >= 15 is 0 Å². The molecule has 10 heavy (non-hydrogen) atoms. The van der Waals surface area contributed by atoms with Gasteiger partial charge >= 0.3 is 84.0 Å². The van der Waals surface area contributed by atoms with Crippen LogP contribution in [-0.4, -0.2) is 8.30 Å².